The topological polar surface area (TPSA) is 59.5 Å². The van der Waals surface area contributed by atoms with E-state index < -0.39 is 10.0 Å². The molecule has 0 atom stereocenters. The normalized spacial score (nSPS) is 11.8. The lowest BCUT2D eigenvalue weighted by molar-refractivity contribution is 0.287. The van der Waals surface area contributed by atoms with E-state index in [1.807, 2.05) is 30.3 Å². The molecule has 8 heteroatoms. The first-order chi connectivity index (χ1) is 9.50. The van der Waals surface area contributed by atoms with Gasteiger partial charge in [0.05, 0.1) is 6.20 Å². The number of hydrogen-bond acceptors (Lipinski definition) is 5. The maximum atomic E-state index is 12.2. The van der Waals surface area contributed by atoms with Crippen LogP contribution >= 0.6 is 22.9 Å². The van der Waals surface area contributed by atoms with Crippen molar-refractivity contribution in [2.24, 2.45) is 0 Å². The SMILES string of the molecule is CN(CCOc1ccccc1)S(=O)(=O)c1cnc(Cl)s1. The number of benzene rings is 1. The Balaban J connectivity index is 1.93. The molecule has 0 saturated heterocycles. The van der Waals surface area contributed by atoms with Gasteiger partial charge in [0, 0.05) is 13.6 Å². The number of sulfonamides is 1. The lowest BCUT2D eigenvalue weighted by atomic mass is 10.3. The maximum Gasteiger partial charge on any atom is 0.254 e. The van der Waals surface area contributed by atoms with Crippen LogP contribution in [0, 0.1) is 0 Å². The van der Waals surface area contributed by atoms with Crippen molar-refractivity contribution in [3.05, 3.63) is 41.0 Å². The van der Waals surface area contributed by atoms with E-state index in [1.54, 1.807) is 0 Å². The average molecular weight is 333 g/mol. The molecule has 0 N–H and O–H groups in total. The van der Waals surface area contributed by atoms with Crippen LogP contribution in [0.25, 0.3) is 0 Å². The molecule has 20 heavy (non-hydrogen) atoms. The number of aromatic nitrogens is 1. The summed E-state index contributed by atoms with van der Waals surface area (Å²) in [4.78, 5) is 3.74. The van der Waals surface area contributed by atoms with Crippen molar-refractivity contribution in [1.29, 1.82) is 0 Å². The Morgan fingerprint density at radius 2 is 2.05 bits per heavy atom. The van der Waals surface area contributed by atoms with Gasteiger partial charge in [0.25, 0.3) is 10.0 Å². The monoisotopic (exact) mass is 332 g/mol. The number of para-hydroxylation sites is 1. The molecule has 0 fully saturated rings. The predicted molar refractivity (Wildman–Crippen MR) is 78.9 cm³/mol. The summed E-state index contributed by atoms with van der Waals surface area (Å²) in [5.74, 6) is 0.708. The van der Waals surface area contributed by atoms with Gasteiger partial charge in [-0.1, -0.05) is 41.1 Å². The van der Waals surface area contributed by atoms with Crippen LogP contribution in [0.1, 0.15) is 0 Å². The predicted octanol–water partition coefficient (Wildman–Crippen LogP) is 2.50. The van der Waals surface area contributed by atoms with Gasteiger partial charge >= 0.3 is 0 Å². The third kappa shape index (κ3) is 3.69. The van der Waals surface area contributed by atoms with Gasteiger partial charge in [-0.3, -0.25) is 0 Å². The molecule has 108 valence electrons. The highest BCUT2D eigenvalue weighted by molar-refractivity contribution is 7.91. The molecule has 0 aliphatic carbocycles. The van der Waals surface area contributed by atoms with Gasteiger partial charge < -0.3 is 4.74 Å². The quantitative estimate of drug-likeness (QED) is 0.815. The average Bonchev–Trinajstić information content (AvgIpc) is 2.87. The van der Waals surface area contributed by atoms with Crippen LogP contribution < -0.4 is 4.74 Å². The smallest absolute Gasteiger partial charge is 0.254 e. The lowest BCUT2D eigenvalue weighted by Crippen LogP contribution is -2.30. The molecule has 2 rings (SSSR count). The van der Waals surface area contributed by atoms with Crippen molar-refractivity contribution in [3.63, 3.8) is 0 Å². The fraction of sp³-hybridized carbons (Fsp3) is 0.250. The molecule has 0 aliphatic rings. The van der Waals surface area contributed by atoms with Crippen molar-refractivity contribution in [2.75, 3.05) is 20.2 Å². The minimum absolute atomic E-state index is 0.129. The Kier molecular flexibility index (Phi) is 4.98. The first-order valence-electron chi connectivity index (χ1n) is 5.75. The molecule has 0 amide bonds. The third-order valence-corrected chi connectivity index (χ3v) is 5.95. The van der Waals surface area contributed by atoms with Crippen LogP contribution in [0.4, 0.5) is 0 Å². The standard InChI is InChI=1S/C12H13ClN2O3S2/c1-15(7-8-18-10-5-3-2-4-6-10)20(16,17)11-9-14-12(13)19-11/h2-6,9H,7-8H2,1H3. The zero-order valence-corrected chi connectivity index (χ0v) is 13.1. The first-order valence-corrected chi connectivity index (χ1v) is 8.39. The molecule has 0 bridgehead atoms. The summed E-state index contributed by atoms with van der Waals surface area (Å²) in [5.41, 5.74) is 0. The number of rotatable bonds is 6. The number of thiazole rings is 1. The van der Waals surface area contributed by atoms with Gasteiger partial charge in [0.15, 0.2) is 8.68 Å². The van der Waals surface area contributed by atoms with E-state index in [0.717, 1.165) is 11.3 Å². The molecule has 0 radical (unpaired) electrons. The third-order valence-electron chi connectivity index (χ3n) is 2.54. The number of nitrogens with zero attached hydrogens (tertiary/aromatic N) is 2. The van der Waals surface area contributed by atoms with Crippen LogP contribution in [0.15, 0.2) is 40.7 Å². The summed E-state index contributed by atoms with van der Waals surface area (Å²) in [6.45, 7) is 0.513. The van der Waals surface area contributed by atoms with Gasteiger partial charge in [-0.15, -0.1) is 0 Å². The zero-order valence-electron chi connectivity index (χ0n) is 10.7. The molecular weight excluding hydrogens is 320 g/mol. The summed E-state index contributed by atoms with van der Waals surface area (Å²) in [5, 5.41) is 0. The van der Waals surface area contributed by atoms with Crippen LogP contribution in [-0.4, -0.2) is 37.9 Å². The van der Waals surface area contributed by atoms with Gasteiger partial charge in [0.2, 0.25) is 0 Å². The van der Waals surface area contributed by atoms with Crippen molar-refractivity contribution >= 4 is 33.0 Å². The molecule has 1 aromatic carbocycles. The van der Waals surface area contributed by atoms with Gasteiger partial charge in [-0.05, 0) is 12.1 Å². The second kappa shape index (κ2) is 6.53. The summed E-state index contributed by atoms with van der Waals surface area (Å²) >= 11 is 6.59. The molecule has 5 nitrogen and oxygen atoms in total. The number of hydrogen-bond donors (Lipinski definition) is 0. The van der Waals surface area contributed by atoms with Crippen molar-refractivity contribution in [2.45, 2.75) is 4.21 Å². The van der Waals surface area contributed by atoms with Crippen LogP contribution in [-0.2, 0) is 10.0 Å². The molecular formula is C12H13ClN2O3S2. The van der Waals surface area contributed by atoms with Crippen molar-refractivity contribution < 1.29 is 13.2 Å². The van der Waals surface area contributed by atoms with Crippen molar-refractivity contribution in [3.8, 4) is 5.75 Å². The Morgan fingerprint density at radius 3 is 2.65 bits per heavy atom. The van der Waals surface area contributed by atoms with E-state index in [0.29, 0.717) is 5.75 Å². The van der Waals surface area contributed by atoms with Gasteiger partial charge in [0.1, 0.15) is 12.4 Å². The van der Waals surface area contributed by atoms with Crippen LogP contribution in [0.5, 0.6) is 5.75 Å². The first kappa shape index (κ1) is 15.2. The molecule has 0 aliphatic heterocycles. The summed E-state index contributed by atoms with van der Waals surface area (Å²) in [6, 6.07) is 9.23. The van der Waals surface area contributed by atoms with E-state index >= 15 is 0 Å². The number of likely N-dealkylation sites (N-methyl/N-ethyl adjacent to an activating group) is 1. The molecule has 0 unspecified atom stereocenters. The van der Waals surface area contributed by atoms with E-state index in [1.165, 1.54) is 17.5 Å². The van der Waals surface area contributed by atoms with E-state index in [4.69, 9.17) is 16.3 Å². The zero-order chi connectivity index (χ0) is 14.6. The Hall–Kier alpha value is -1.15. The van der Waals surface area contributed by atoms with E-state index in [2.05, 4.69) is 4.98 Å². The van der Waals surface area contributed by atoms with Crippen LogP contribution in [0.2, 0.25) is 4.47 Å². The summed E-state index contributed by atoms with van der Waals surface area (Å²) in [6.07, 6.45) is 1.26. The highest BCUT2D eigenvalue weighted by Crippen LogP contribution is 2.24. The maximum absolute atomic E-state index is 12.2. The van der Waals surface area contributed by atoms with Gasteiger partial charge in [-0.2, -0.15) is 4.31 Å². The lowest BCUT2D eigenvalue weighted by Gasteiger charge is -2.16. The highest BCUT2D eigenvalue weighted by Gasteiger charge is 2.23. The number of ether oxygens (including phenoxy) is 1. The minimum Gasteiger partial charge on any atom is -0.492 e. The molecule has 0 saturated carbocycles. The molecule has 0 spiro atoms. The fourth-order valence-electron chi connectivity index (χ4n) is 1.44. The minimum atomic E-state index is -3.55. The Bertz CT molecular complexity index is 658. The molecule has 2 aromatic rings. The molecule has 1 heterocycles. The highest BCUT2D eigenvalue weighted by atomic mass is 35.5. The second-order valence-corrected chi connectivity index (χ2v) is 7.80. The number of halogens is 1. The summed E-state index contributed by atoms with van der Waals surface area (Å²) in [7, 11) is -2.05. The van der Waals surface area contributed by atoms with Crippen molar-refractivity contribution in [1.82, 2.24) is 9.29 Å². The fourth-order valence-corrected chi connectivity index (χ4v) is 4.10. The van der Waals surface area contributed by atoms with Gasteiger partial charge in [-0.25, -0.2) is 13.4 Å². The molecule has 1 aromatic heterocycles. The largest absolute Gasteiger partial charge is 0.492 e. The Labute approximate surface area is 126 Å². The second-order valence-electron chi connectivity index (χ2n) is 3.92. The van der Waals surface area contributed by atoms with Crippen LogP contribution in [0.3, 0.4) is 0 Å². The summed E-state index contributed by atoms with van der Waals surface area (Å²) < 4.78 is 31.4. The van der Waals surface area contributed by atoms with E-state index in [-0.39, 0.29) is 21.8 Å². The van der Waals surface area contributed by atoms with E-state index in [9.17, 15) is 8.42 Å². The Morgan fingerprint density at radius 1 is 1.35 bits per heavy atom.